The van der Waals surface area contributed by atoms with Gasteiger partial charge in [-0.05, 0) is 19.1 Å². The molecule has 0 saturated heterocycles. The number of hydrogen-bond donors (Lipinski definition) is 1. The van der Waals surface area contributed by atoms with Gasteiger partial charge < -0.3 is 14.1 Å². The van der Waals surface area contributed by atoms with E-state index >= 15 is 0 Å². The average Bonchev–Trinajstić information content (AvgIpc) is 2.88. The van der Waals surface area contributed by atoms with Gasteiger partial charge in [0, 0.05) is 7.05 Å². The highest BCUT2D eigenvalue weighted by atomic mass is 32.2. The number of aromatic carboxylic acids is 1. The quantitative estimate of drug-likeness (QED) is 0.839. The first kappa shape index (κ1) is 11.7. The Morgan fingerprint density at radius 3 is 2.88 bits per heavy atom. The van der Waals surface area contributed by atoms with E-state index in [1.807, 2.05) is 14.0 Å². The monoisotopic (exact) mass is 253 g/mol. The number of furan rings is 1. The molecule has 0 spiro atoms. The maximum Gasteiger partial charge on any atom is 0.371 e. The predicted molar refractivity (Wildman–Crippen MR) is 60.9 cm³/mol. The van der Waals surface area contributed by atoms with Crippen molar-refractivity contribution >= 4 is 17.7 Å². The van der Waals surface area contributed by atoms with Crippen LogP contribution in [0, 0.1) is 0 Å². The third kappa shape index (κ3) is 2.50. The van der Waals surface area contributed by atoms with Crippen molar-refractivity contribution in [1.29, 1.82) is 0 Å². The summed E-state index contributed by atoms with van der Waals surface area (Å²) in [5.74, 6) is -0.507. The number of carboxylic acid groups (broad SMARTS) is 1. The van der Waals surface area contributed by atoms with E-state index in [-0.39, 0.29) is 11.0 Å². The van der Waals surface area contributed by atoms with E-state index in [1.165, 1.54) is 17.8 Å². The zero-order valence-electron chi connectivity index (χ0n) is 9.32. The van der Waals surface area contributed by atoms with Gasteiger partial charge >= 0.3 is 5.97 Å². The largest absolute Gasteiger partial charge is 0.475 e. The molecule has 17 heavy (non-hydrogen) atoms. The maximum atomic E-state index is 10.7. The topological polar surface area (TPSA) is 81.2 Å². The summed E-state index contributed by atoms with van der Waals surface area (Å²) < 4.78 is 7.01. The van der Waals surface area contributed by atoms with Gasteiger partial charge in [0.25, 0.3) is 0 Å². The zero-order valence-corrected chi connectivity index (χ0v) is 10.1. The van der Waals surface area contributed by atoms with Gasteiger partial charge in [-0.25, -0.2) is 4.79 Å². The van der Waals surface area contributed by atoms with Gasteiger partial charge in [0.1, 0.15) is 12.1 Å². The van der Waals surface area contributed by atoms with Crippen LogP contribution in [0.4, 0.5) is 0 Å². The van der Waals surface area contributed by atoms with E-state index in [9.17, 15) is 4.79 Å². The molecule has 0 aliphatic heterocycles. The first-order chi connectivity index (χ1) is 8.08. The minimum absolute atomic E-state index is 0.0222. The van der Waals surface area contributed by atoms with Crippen LogP contribution in [-0.4, -0.2) is 25.8 Å². The Hall–Kier alpha value is -1.76. The summed E-state index contributed by atoms with van der Waals surface area (Å²) in [5, 5.41) is 17.2. The number of aryl methyl sites for hydroxylation is 1. The SMILES string of the molecule is CC(Sc1nncn1C)c1ccc(C(=O)O)o1. The second-order valence-electron chi connectivity index (χ2n) is 3.49. The maximum absolute atomic E-state index is 10.7. The smallest absolute Gasteiger partial charge is 0.371 e. The molecule has 2 rings (SSSR count). The Balaban J connectivity index is 2.12. The van der Waals surface area contributed by atoms with Crippen molar-refractivity contribution in [3.8, 4) is 0 Å². The zero-order chi connectivity index (χ0) is 12.4. The highest BCUT2D eigenvalue weighted by Crippen LogP contribution is 2.33. The molecular formula is C10H11N3O3S. The van der Waals surface area contributed by atoms with Gasteiger partial charge in [0.05, 0.1) is 5.25 Å². The van der Waals surface area contributed by atoms with E-state index in [4.69, 9.17) is 9.52 Å². The van der Waals surface area contributed by atoms with Crippen molar-refractivity contribution in [3.05, 3.63) is 30.0 Å². The Kier molecular flexibility index (Phi) is 3.19. The fourth-order valence-corrected chi connectivity index (χ4v) is 2.15. The number of rotatable bonds is 4. The molecule has 0 aliphatic carbocycles. The highest BCUT2D eigenvalue weighted by Gasteiger charge is 2.17. The molecule has 2 heterocycles. The molecule has 90 valence electrons. The average molecular weight is 253 g/mol. The van der Waals surface area contributed by atoms with Crippen molar-refractivity contribution in [2.45, 2.75) is 17.3 Å². The minimum atomic E-state index is -1.06. The number of thioether (sulfide) groups is 1. The second-order valence-corrected chi connectivity index (χ2v) is 4.80. The molecule has 7 heteroatoms. The van der Waals surface area contributed by atoms with E-state index in [1.54, 1.807) is 17.0 Å². The van der Waals surface area contributed by atoms with Crippen molar-refractivity contribution in [1.82, 2.24) is 14.8 Å². The van der Waals surface area contributed by atoms with Crippen LogP contribution < -0.4 is 0 Å². The normalized spacial score (nSPS) is 12.6. The lowest BCUT2D eigenvalue weighted by atomic mass is 10.3. The fraction of sp³-hybridized carbons (Fsp3) is 0.300. The van der Waals surface area contributed by atoms with Crippen LogP contribution in [0.25, 0.3) is 0 Å². The van der Waals surface area contributed by atoms with Crippen LogP contribution in [0.5, 0.6) is 0 Å². The molecule has 0 fully saturated rings. The summed E-state index contributed by atoms with van der Waals surface area (Å²) in [6.45, 7) is 1.92. The van der Waals surface area contributed by atoms with Crippen molar-refractivity contribution in [3.63, 3.8) is 0 Å². The van der Waals surface area contributed by atoms with Gasteiger partial charge in [0.15, 0.2) is 5.16 Å². The van der Waals surface area contributed by atoms with E-state index in [0.717, 1.165) is 5.16 Å². The number of carbonyl (C=O) groups is 1. The lowest BCUT2D eigenvalue weighted by Crippen LogP contribution is -1.94. The van der Waals surface area contributed by atoms with Crippen LogP contribution in [0.1, 0.15) is 28.5 Å². The van der Waals surface area contributed by atoms with Crippen molar-refractivity contribution in [2.24, 2.45) is 7.05 Å². The standard InChI is InChI=1S/C10H11N3O3S/c1-6(17-10-12-11-5-13(10)2)7-3-4-8(16-7)9(14)15/h3-6H,1-2H3,(H,14,15). The second kappa shape index (κ2) is 4.62. The lowest BCUT2D eigenvalue weighted by Gasteiger charge is -2.06. The molecule has 0 aliphatic rings. The van der Waals surface area contributed by atoms with Crippen LogP contribution in [0.3, 0.4) is 0 Å². The number of aromatic nitrogens is 3. The summed E-state index contributed by atoms with van der Waals surface area (Å²) in [5.41, 5.74) is 0. The first-order valence-electron chi connectivity index (χ1n) is 4.91. The highest BCUT2D eigenvalue weighted by molar-refractivity contribution is 7.99. The van der Waals surface area contributed by atoms with E-state index < -0.39 is 5.97 Å². The van der Waals surface area contributed by atoms with Crippen LogP contribution in [-0.2, 0) is 7.05 Å². The number of carboxylic acids is 1. The summed E-state index contributed by atoms with van der Waals surface area (Å²) in [6.07, 6.45) is 1.61. The molecule has 0 amide bonds. The van der Waals surface area contributed by atoms with E-state index in [2.05, 4.69) is 10.2 Å². The molecule has 1 unspecified atom stereocenters. The van der Waals surface area contributed by atoms with E-state index in [0.29, 0.717) is 5.76 Å². The summed E-state index contributed by atoms with van der Waals surface area (Å²) >= 11 is 1.46. The Morgan fingerprint density at radius 1 is 1.59 bits per heavy atom. The molecule has 0 aromatic carbocycles. The molecule has 2 aromatic heterocycles. The Labute approximate surface area is 102 Å². The summed E-state index contributed by atoms with van der Waals surface area (Å²) in [4.78, 5) is 10.7. The fourth-order valence-electron chi connectivity index (χ4n) is 1.28. The van der Waals surface area contributed by atoms with Crippen LogP contribution in [0.2, 0.25) is 0 Å². The molecule has 1 N–H and O–H groups in total. The molecule has 0 saturated carbocycles. The molecular weight excluding hydrogens is 242 g/mol. The van der Waals surface area contributed by atoms with Crippen LogP contribution >= 0.6 is 11.8 Å². The molecule has 1 atom stereocenters. The predicted octanol–water partition coefficient (Wildman–Crippen LogP) is 1.96. The van der Waals surface area contributed by atoms with Gasteiger partial charge in [-0.1, -0.05) is 11.8 Å². The molecule has 0 radical (unpaired) electrons. The van der Waals surface area contributed by atoms with Crippen molar-refractivity contribution in [2.75, 3.05) is 0 Å². The van der Waals surface area contributed by atoms with Crippen LogP contribution in [0.15, 0.2) is 28.0 Å². The first-order valence-corrected chi connectivity index (χ1v) is 5.79. The third-order valence-corrected chi connectivity index (χ3v) is 3.36. The summed E-state index contributed by atoms with van der Waals surface area (Å²) in [6, 6.07) is 3.11. The molecule has 2 aromatic rings. The summed E-state index contributed by atoms with van der Waals surface area (Å²) in [7, 11) is 1.85. The minimum Gasteiger partial charge on any atom is -0.475 e. The third-order valence-electron chi connectivity index (χ3n) is 2.19. The Bertz CT molecular complexity index is 534. The lowest BCUT2D eigenvalue weighted by molar-refractivity contribution is 0.0660. The van der Waals surface area contributed by atoms with Gasteiger partial charge in [-0.3, -0.25) is 0 Å². The van der Waals surface area contributed by atoms with Gasteiger partial charge in [0.2, 0.25) is 5.76 Å². The van der Waals surface area contributed by atoms with Gasteiger partial charge in [-0.15, -0.1) is 10.2 Å². The molecule has 0 bridgehead atoms. The van der Waals surface area contributed by atoms with Crippen molar-refractivity contribution < 1.29 is 14.3 Å². The Morgan fingerprint density at radius 2 is 2.35 bits per heavy atom. The molecule has 6 nitrogen and oxygen atoms in total. The number of nitrogens with zero attached hydrogens (tertiary/aromatic N) is 3. The number of hydrogen-bond acceptors (Lipinski definition) is 5. The van der Waals surface area contributed by atoms with Gasteiger partial charge in [-0.2, -0.15) is 0 Å².